The first kappa shape index (κ1) is 29.5. The van der Waals surface area contributed by atoms with E-state index in [0.29, 0.717) is 5.92 Å². The lowest BCUT2D eigenvalue weighted by molar-refractivity contribution is 0.641. The molecule has 0 spiro atoms. The summed E-state index contributed by atoms with van der Waals surface area (Å²) in [7, 11) is 0. The molecule has 1 atom stereocenters. The molecular weight excluding hydrogens is 553 g/mol. The largest absolute Gasteiger partial charge is 0.274 e. The minimum absolute atomic E-state index is 0.467. The number of benzene rings is 5. The van der Waals surface area contributed by atoms with Crippen molar-refractivity contribution in [1.29, 1.82) is 0 Å². The summed E-state index contributed by atoms with van der Waals surface area (Å²) in [6.45, 7) is 8.94. The van der Waals surface area contributed by atoms with Crippen LogP contribution in [-0.4, -0.2) is 0 Å². The monoisotopic (exact) mass is 590 g/mol. The highest BCUT2D eigenvalue weighted by Crippen LogP contribution is 2.44. The fourth-order valence-corrected chi connectivity index (χ4v) is 7.75. The number of hydrazine groups is 1. The summed E-state index contributed by atoms with van der Waals surface area (Å²) in [5.74, 6) is 8.47. The van der Waals surface area contributed by atoms with Gasteiger partial charge in [0.1, 0.15) is 0 Å². The molecule has 0 amide bonds. The average Bonchev–Trinajstić information content (AvgIpc) is 3.45. The molecule has 0 saturated carbocycles. The molecule has 1 aliphatic rings. The molecule has 0 saturated heterocycles. The van der Waals surface area contributed by atoms with E-state index in [-0.39, 0.29) is 0 Å². The van der Waals surface area contributed by atoms with Crippen LogP contribution in [0.1, 0.15) is 28.7 Å². The summed E-state index contributed by atoms with van der Waals surface area (Å²) in [6.07, 6.45) is 8.85. The molecule has 0 radical (unpaired) electrons. The zero-order chi connectivity index (χ0) is 30.6. The number of fused-ring (bicyclic) bond motifs is 3. The Kier molecular flexibility index (Phi) is 8.72. The second kappa shape index (κ2) is 13.0. The van der Waals surface area contributed by atoms with Crippen molar-refractivity contribution in [2.45, 2.75) is 26.7 Å². The average molecular weight is 591 g/mol. The summed E-state index contributed by atoms with van der Waals surface area (Å²) in [5.41, 5.74) is 13.0. The highest BCUT2D eigenvalue weighted by atomic mass is 32.1. The summed E-state index contributed by atoms with van der Waals surface area (Å²) in [6, 6.07) is 40.0. The van der Waals surface area contributed by atoms with Gasteiger partial charge in [-0.15, -0.1) is 11.3 Å². The number of hydrogen-bond donors (Lipinski definition) is 2. The quantitative estimate of drug-likeness (QED) is 0.150. The van der Waals surface area contributed by atoms with Gasteiger partial charge < -0.3 is 0 Å². The van der Waals surface area contributed by atoms with Crippen LogP contribution in [0, 0.1) is 19.8 Å². The molecule has 0 bridgehead atoms. The smallest absolute Gasteiger partial charge is 0.0361 e. The van der Waals surface area contributed by atoms with E-state index in [1.54, 1.807) is 0 Å². The second-order valence-corrected chi connectivity index (χ2v) is 12.6. The van der Waals surface area contributed by atoms with Crippen LogP contribution in [-0.2, 0) is 6.42 Å². The Bertz CT molecular complexity index is 2030. The van der Waals surface area contributed by atoms with Gasteiger partial charge in [-0.2, -0.15) is 0 Å². The van der Waals surface area contributed by atoms with Gasteiger partial charge in [-0.25, -0.2) is 0 Å². The van der Waals surface area contributed by atoms with Gasteiger partial charge in [0, 0.05) is 20.2 Å². The van der Waals surface area contributed by atoms with Crippen molar-refractivity contribution in [3.05, 3.63) is 162 Å². The molecule has 4 N–H and O–H groups in total. The van der Waals surface area contributed by atoms with E-state index in [2.05, 4.69) is 160 Å². The first-order valence-corrected chi connectivity index (χ1v) is 15.9. The Labute approximate surface area is 264 Å². The number of allylic oxidation sites excluding steroid dienone is 5. The predicted octanol–water partition coefficient (Wildman–Crippen LogP) is 10.6. The molecule has 0 aliphatic heterocycles. The topological polar surface area (TPSA) is 52.0 Å². The van der Waals surface area contributed by atoms with Gasteiger partial charge in [0.25, 0.3) is 0 Å². The van der Waals surface area contributed by atoms with Crippen LogP contribution in [0.2, 0.25) is 0 Å². The Morgan fingerprint density at radius 1 is 0.750 bits per heavy atom. The highest BCUT2D eigenvalue weighted by molar-refractivity contribution is 7.25. The van der Waals surface area contributed by atoms with Crippen LogP contribution in [0.3, 0.4) is 0 Å². The van der Waals surface area contributed by atoms with E-state index in [0.717, 1.165) is 18.4 Å². The van der Waals surface area contributed by atoms with Gasteiger partial charge in [-0.3, -0.25) is 11.7 Å². The lowest BCUT2D eigenvalue weighted by atomic mass is 9.83. The molecule has 5 aromatic carbocycles. The molecule has 218 valence electrons. The van der Waals surface area contributed by atoms with E-state index in [9.17, 15) is 0 Å². The molecule has 3 heteroatoms. The molecular formula is C41H38N2S. The van der Waals surface area contributed by atoms with E-state index >= 15 is 0 Å². The van der Waals surface area contributed by atoms with E-state index in [4.69, 9.17) is 0 Å². The Morgan fingerprint density at radius 3 is 2.30 bits per heavy atom. The number of nitrogens with two attached hydrogens (primary N) is 2. The van der Waals surface area contributed by atoms with Crippen LogP contribution in [0.25, 0.3) is 48.0 Å². The first-order valence-electron chi connectivity index (χ1n) is 15.1. The third kappa shape index (κ3) is 5.70. The first-order chi connectivity index (χ1) is 21.6. The fraction of sp³-hybridized carbons (Fsp3) is 0.122. The number of rotatable bonds is 6. The predicted molar refractivity (Wildman–Crippen MR) is 193 cm³/mol. The van der Waals surface area contributed by atoms with Gasteiger partial charge in [0.2, 0.25) is 0 Å². The number of thiophene rings is 1. The summed E-state index contributed by atoms with van der Waals surface area (Å²) < 4.78 is 2.69. The van der Waals surface area contributed by atoms with Crippen molar-refractivity contribution in [3.63, 3.8) is 0 Å². The van der Waals surface area contributed by atoms with Crippen LogP contribution in [0.15, 0.2) is 140 Å². The van der Waals surface area contributed by atoms with Crippen LogP contribution in [0.4, 0.5) is 0 Å². The maximum Gasteiger partial charge on any atom is 0.0361 e. The van der Waals surface area contributed by atoms with Gasteiger partial charge in [0.05, 0.1) is 0 Å². The van der Waals surface area contributed by atoms with Crippen molar-refractivity contribution in [2.75, 3.05) is 0 Å². The van der Waals surface area contributed by atoms with Crippen molar-refractivity contribution < 1.29 is 0 Å². The van der Waals surface area contributed by atoms with E-state index < -0.39 is 0 Å². The van der Waals surface area contributed by atoms with E-state index in [1.807, 2.05) is 11.3 Å². The van der Waals surface area contributed by atoms with Crippen LogP contribution >= 0.6 is 11.3 Å². The zero-order valence-corrected chi connectivity index (χ0v) is 26.2. The molecule has 7 rings (SSSR count). The minimum atomic E-state index is 0.467. The fourth-order valence-electron chi connectivity index (χ4n) is 6.62. The van der Waals surface area contributed by atoms with Gasteiger partial charge >= 0.3 is 0 Å². The van der Waals surface area contributed by atoms with Crippen LogP contribution < -0.4 is 11.7 Å². The third-order valence-corrected chi connectivity index (χ3v) is 9.83. The lowest BCUT2D eigenvalue weighted by Gasteiger charge is -2.21. The third-order valence-electron chi connectivity index (χ3n) is 8.70. The molecule has 1 unspecified atom stereocenters. The Balaban J connectivity index is 0.00000168. The standard InChI is InChI=1S/C41H34S.H4N2/c1-27-12-9-18-35(36-19-11-21-39-41(36)37-17-7-8-20-38(37)42-39)40(27)34-23-22-31(24-28(34)2)25-30-13-10-16-33(26-30)29(3)32-14-5-4-6-15-32;1-2/h4-24,30H,3,25-26H2,1-2H3;1-2H2. The maximum absolute atomic E-state index is 4.42. The van der Waals surface area contributed by atoms with Crippen molar-refractivity contribution >= 4 is 37.1 Å². The Morgan fingerprint density at radius 2 is 1.48 bits per heavy atom. The van der Waals surface area contributed by atoms with Gasteiger partial charge in [-0.05, 0) is 100 Å². The number of aryl methyl sites for hydroxylation is 2. The lowest BCUT2D eigenvalue weighted by Crippen LogP contribution is -2.07. The van der Waals surface area contributed by atoms with Crippen molar-refractivity contribution in [1.82, 2.24) is 0 Å². The van der Waals surface area contributed by atoms with Crippen molar-refractivity contribution in [2.24, 2.45) is 17.6 Å². The second-order valence-electron chi connectivity index (χ2n) is 11.5. The summed E-state index contributed by atoms with van der Waals surface area (Å²) in [4.78, 5) is 0. The van der Waals surface area contributed by atoms with Crippen LogP contribution in [0.5, 0.6) is 0 Å². The summed E-state index contributed by atoms with van der Waals surface area (Å²) in [5, 5.41) is 2.71. The number of hydrogen-bond acceptors (Lipinski definition) is 3. The van der Waals surface area contributed by atoms with Gasteiger partial charge in [-0.1, -0.05) is 122 Å². The van der Waals surface area contributed by atoms with E-state index in [1.165, 1.54) is 70.3 Å². The maximum atomic E-state index is 4.42. The highest BCUT2D eigenvalue weighted by Gasteiger charge is 2.19. The van der Waals surface area contributed by atoms with Gasteiger partial charge in [0.15, 0.2) is 0 Å². The molecule has 44 heavy (non-hydrogen) atoms. The molecule has 1 aliphatic carbocycles. The normalized spacial score (nSPS) is 14.3. The molecule has 2 nitrogen and oxygen atoms in total. The molecule has 6 aromatic rings. The van der Waals surface area contributed by atoms with Crippen molar-refractivity contribution in [3.8, 4) is 22.3 Å². The SMILES string of the molecule is C=C(C1=CC=CC(Cc2ccc(-c3c(C)cccc3-c3cccc4sc5ccccc5c34)c(C)c2)C1)c1ccccc1.NN. The minimum Gasteiger partial charge on any atom is -0.274 e. The summed E-state index contributed by atoms with van der Waals surface area (Å²) >= 11 is 1.88. The molecule has 1 aromatic heterocycles. The molecule has 0 fully saturated rings. The Hall–Kier alpha value is -4.54. The molecule has 1 heterocycles. The zero-order valence-electron chi connectivity index (χ0n) is 25.4.